The highest BCUT2D eigenvalue weighted by Crippen LogP contribution is 2.16. The lowest BCUT2D eigenvalue weighted by Crippen LogP contribution is -2.37. The number of nitrogens with zero attached hydrogens (tertiary/aromatic N) is 1. The van der Waals surface area contributed by atoms with Crippen molar-refractivity contribution in [3.05, 3.63) is 70.8 Å². The molecule has 0 N–H and O–H groups in total. The molecule has 0 bridgehead atoms. The molecule has 2 aromatic rings. The number of ether oxygens (including phenoxy) is 1. The molecule has 0 fully saturated rings. The highest BCUT2D eigenvalue weighted by Gasteiger charge is 2.22. The summed E-state index contributed by atoms with van der Waals surface area (Å²) >= 11 is 0. The third kappa shape index (κ3) is 6.56. The summed E-state index contributed by atoms with van der Waals surface area (Å²) in [6.45, 7) is 6.21. The molecule has 0 aliphatic carbocycles. The van der Waals surface area contributed by atoms with Gasteiger partial charge < -0.3 is 9.64 Å². The molecule has 2 rings (SSSR count). The Bertz CT molecular complexity index is 860. The molecule has 5 nitrogen and oxygen atoms in total. The zero-order valence-corrected chi connectivity index (χ0v) is 17.6. The van der Waals surface area contributed by atoms with Crippen molar-refractivity contribution in [3.63, 3.8) is 0 Å². The highest BCUT2D eigenvalue weighted by atomic mass is 16.5. The van der Waals surface area contributed by atoms with Gasteiger partial charge in [0.25, 0.3) is 0 Å². The molecule has 0 radical (unpaired) electrons. The lowest BCUT2D eigenvalue weighted by atomic mass is 9.99. The van der Waals surface area contributed by atoms with Gasteiger partial charge in [-0.1, -0.05) is 55.0 Å². The standard InChI is InChI=1S/C24H29NO4/c1-17-10-11-18(2)21(14-17)22(26)12-13-23(27)25(15-19(3)24(28)29-4)16-20-8-6-5-7-9-20/h5-11,14,19H,12-13,15-16H2,1-4H3. The Balaban J connectivity index is 2.08. The van der Waals surface area contributed by atoms with Gasteiger partial charge in [-0.15, -0.1) is 0 Å². The van der Waals surface area contributed by atoms with Crippen molar-refractivity contribution in [2.24, 2.45) is 5.92 Å². The van der Waals surface area contributed by atoms with Crippen LogP contribution in [0.4, 0.5) is 0 Å². The number of hydrogen-bond acceptors (Lipinski definition) is 4. The Morgan fingerprint density at radius 2 is 1.69 bits per heavy atom. The average molecular weight is 395 g/mol. The van der Waals surface area contributed by atoms with Crippen LogP contribution in [-0.4, -0.2) is 36.2 Å². The molecule has 0 aliphatic rings. The molecule has 0 saturated carbocycles. The van der Waals surface area contributed by atoms with E-state index in [2.05, 4.69) is 0 Å². The van der Waals surface area contributed by atoms with E-state index in [4.69, 9.17) is 4.74 Å². The molecule has 154 valence electrons. The lowest BCUT2D eigenvalue weighted by molar-refractivity contribution is -0.146. The quantitative estimate of drug-likeness (QED) is 0.474. The Labute approximate surface area is 172 Å². The van der Waals surface area contributed by atoms with Gasteiger partial charge in [0.15, 0.2) is 5.78 Å². The predicted octanol–water partition coefficient (Wildman–Crippen LogP) is 4.10. The Hall–Kier alpha value is -2.95. The first-order valence-corrected chi connectivity index (χ1v) is 9.81. The number of carbonyl (C=O) groups excluding carboxylic acids is 3. The van der Waals surface area contributed by atoms with Crippen LogP contribution in [0.2, 0.25) is 0 Å². The van der Waals surface area contributed by atoms with Crippen molar-refractivity contribution in [1.29, 1.82) is 0 Å². The molecule has 0 aliphatic heterocycles. The van der Waals surface area contributed by atoms with Gasteiger partial charge in [-0.25, -0.2) is 0 Å². The number of ketones is 1. The third-order valence-electron chi connectivity index (χ3n) is 4.93. The maximum atomic E-state index is 12.9. The maximum Gasteiger partial charge on any atom is 0.310 e. The van der Waals surface area contributed by atoms with E-state index in [9.17, 15) is 14.4 Å². The molecule has 29 heavy (non-hydrogen) atoms. The largest absolute Gasteiger partial charge is 0.469 e. The summed E-state index contributed by atoms with van der Waals surface area (Å²) in [6, 6.07) is 15.3. The number of amides is 1. The lowest BCUT2D eigenvalue weighted by Gasteiger charge is -2.25. The topological polar surface area (TPSA) is 63.7 Å². The van der Waals surface area contributed by atoms with Gasteiger partial charge in [0.1, 0.15) is 0 Å². The Morgan fingerprint density at radius 1 is 1.00 bits per heavy atom. The van der Waals surface area contributed by atoms with Crippen LogP contribution in [0.15, 0.2) is 48.5 Å². The molecule has 0 aromatic heterocycles. The van der Waals surface area contributed by atoms with Crippen LogP contribution in [0.3, 0.4) is 0 Å². The number of methoxy groups -OCH3 is 1. The van der Waals surface area contributed by atoms with Gasteiger partial charge in [0, 0.05) is 31.5 Å². The fourth-order valence-corrected chi connectivity index (χ4v) is 3.21. The zero-order valence-electron chi connectivity index (χ0n) is 17.6. The third-order valence-corrected chi connectivity index (χ3v) is 4.93. The van der Waals surface area contributed by atoms with Crippen molar-refractivity contribution >= 4 is 17.7 Å². The van der Waals surface area contributed by atoms with Crippen LogP contribution < -0.4 is 0 Å². The molecule has 0 saturated heterocycles. The van der Waals surface area contributed by atoms with Gasteiger partial charge in [-0.2, -0.15) is 0 Å². The summed E-state index contributed by atoms with van der Waals surface area (Å²) in [4.78, 5) is 39.0. The summed E-state index contributed by atoms with van der Waals surface area (Å²) < 4.78 is 4.79. The number of hydrogen-bond donors (Lipinski definition) is 0. The predicted molar refractivity (Wildman–Crippen MR) is 113 cm³/mol. The summed E-state index contributed by atoms with van der Waals surface area (Å²) in [6.07, 6.45) is 0.244. The number of aryl methyl sites for hydroxylation is 2. The SMILES string of the molecule is COC(=O)C(C)CN(Cc1ccccc1)C(=O)CCC(=O)c1cc(C)ccc1C. The summed E-state index contributed by atoms with van der Waals surface area (Å²) in [7, 11) is 1.34. The fraction of sp³-hybridized carbons (Fsp3) is 0.375. The Kier molecular flexibility index (Phi) is 8.13. The van der Waals surface area contributed by atoms with E-state index in [0.29, 0.717) is 12.1 Å². The van der Waals surface area contributed by atoms with Crippen LogP contribution in [-0.2, 0) is 20.9 Å². The molecular weight excluding hydrogens is 366 g/mol. The van der Waals surface area contributed by atoms with Crippen LogP contribution in [0.1, 0.15) is 46.8 Å². The summed E-state index contributed by atoms with van der Waals surface area (Å²) in [5.41, 5.74) is 3.56. The van der Waals surface area contributed by atoms with Crippen molar-refractivity contribution in [2.75, 3.05) is 13.7 Å². The monoisotopic (exact) mass is 395 g/mol. The maximum absolute atomic E-state index is 12.9. The highest BCUT2D eigenvalue weighted by molar-refractivity contribution is 5.99. The minimum Gasteiger partial charge on any atom is -0.469 e. The normalized spacial score (nSPS) is 11.6. The first kappa shape index (κ1) is 22.3. The van der Waals surface area contributed by atoms with Gasteiger partial charge in [-0.05, 0) is 31.0 Å². The van der Waals surface area contributed by atoms with Gasteiger partial charge >= 0.3 is 5.97 Å². The molecule has 0 heterocycles. The van der Waals surface area contributed by atoms with E-state index < -0.39 is 5.92 Å². The molecular formula is C24H29NO4. The number of rotatable bonds is 9. The van der Waals surface area contributed by atoms with E-state index in [1.165, 1.54) is 7.11 Å². The summed E-state index contributed by atoms with van der Waals surface area (Å²) in [5, 5.41) is 0. The van der Waals surface area contributed by atoms with Crippen LogP contribution in [0.5, 0.6) is 0 Å². The van der Waals surface area contributed by atoms with E-state index in [0.717, 1.165) is 16.7 Å². The molecule has 2 aromatic carbocycles. The van der Waals surface area contributed by atoms with E-state index in [1.807, 2.05) is 62.4 Å². The number of benzene rings is 2. The molecule has 0 spiro atoms. The number of esters is 1. The van der Waals surface area contributed by atoms with Crippen molar-refractivity contribution in [3.8, 4) is 0 Å². The minimum atomic E-state index is -0.442. The number of Topliss-reactive ketones (excluding diaryl/α,β-unsaturated/α-hetero) is 1. The second kappa shape index (κ2) is 10.6. The van der Waals surface area contributed by atoms with Gasteiger partial charge in [-0.3, -0.25) is 14.4 Å². The first-order valence-electron chi connectivity index (χ1n) is 9.81. The van der Waals surface area contributed by atoms with Crippen LogP contribution >= 0.6 is 0 Å². The first-order chi connectivity index (χ1) is 13.8. The smallest absolute Gasteiger partial charge is 0.310 e. The van der Waals surface area contributed by atoms with E-state index in [-0.39, 0.29) is 37.0 Å². The number of carbonyl (C=O) groups is 3. The van der Waals surface area contributed by atoms with Crippen LogP contribution in [0, 0.1) is 19.8 Å². The molecule has 1 unspecified atom stereocenters. The van der Waals surface area contributed by atoms with Crippen molar-refractivity contribution in [1.82, 2.24) is 4.90 Å². The second-order valence-corrected chi connectivity index (χ2v) is 7.43. The van der Waals surface area contributed by atoms with Crippen molar-refractivity contribution in [2.45, 2.75) is 40.2 Å². The van der Waals surface area contributed by atoms with Gasteiger partial charge in [0.05, 0.1) is 13.0 Å². The molecule has 1 atom stereocenters. The Morgan fingerprint density at radius 3 is 2.34 bits per heavy atom. The average Bonchev–Trinajstić information content (AvgIpc) is 2.72. The minimum absolute atomic E-state index is 0.0415. The molecule has 5 heteroatoms. The fourth-order valence-electron chi connectivity index (χ4n) is 3.21. The summed E-state index contributed by atoms with van der Waals surface area (Å²) in [5.74, 6) is -0.992. The van der Waals surface area contributed by atoms with Crippen LogP contribution in [0.25, 0.3) is 0 Å². The molecule has 1 amide bonds. The zero-order chi connectivity index (χ0) is 21.4. The van der Waals surface area contributed by atoms with E-state index in [1.54, 1.807) is 11.8 Å². The second-order valence-electron chi connectivity index (χ2n) is 7.43. The van der Waals surface area contributed by atoms with E-state index >= 15 is 0 Å². The van der Waals surface area contributed by atoms with Crippen molar-refractivity contribution < 1.29 is 19.1 Å². The van der Waals surface area contributed by atoms with Gasteiger partial charge in [0.2, 0.25) is 5.91 Å².